The number of benzene rings is 1. The second-order valence-electron chi connectivity index (χ2n) is 7.75. The zero-order valence-corrected chi connectivity index (χ0v) is 17.1. The van der Waals surface area contributed by atoms with Crippen molar-refractivity contribution in [3.05, 3.63) is 18.2 Å². The van der Waals surface area contributed by atoms with Gasteiger partial charge in [0.25, 0.3) is 0 Å². The van der Waals surface area contributed by atoms with Gasteiger partial charge >= 0.3 is 6.09 Å². The van der Waals surface area contributed by atoms with E-state index < -0.39 is 5.60 Å². The maximum Gasteiger partial charge on any atom is 0.410 e. The summed E-state index contributed by atoms with van der Waals surface area (Å²) in [5.74, 6) is 2.47. The lowest BCUT2D eigenvalue weighted by molar-refractivity contribution is 0.0240. The fraction of sp³-hybridized carbons (Fsp3) is 0.500. The normalized spacial score (nSPS) is 14.9. The molecule has 8 nitrogen and oxygen atoms in total. The van der Waals surface area contributed by atoms with Crippen LogP contribution in [0.2, 0.25) is 0 Å². The topological polar surface area (TPSA) is 90.2 Å². The van der Waals surface area contributed by atoms with Crippen molar-refractivity contribution >= 4 is 28.5 Å². The Kier molecular flexibility index (Phi) is 5.40. The lowest BCUT2D eigenvalue weighted by atomic mass is 10.1. The van der Waals surface area contributed by atoms with Gasteiger partial charge < -0.3 is 29.7 Å². The molecule has 0 saturated carbocycles. The Balaban J connectivity index is 1.79. The van der Waals surface area contributed by atoms with E-state index in [1.807, 2.05) is 39.0 Å². The predicted molar refractivity (Wildman–Crippen MR) is 109 cm³/mol. The van der Waals surface area contributed by atoms with E-state index in [2.05, 4.69) is 9.88 Å². The average molecular weight is 388 g/mol. The van der Waals surface area contributed by atoms with E-state index in [1.54, 1.807) is 19.1 Å². The molecule has 0 unspecified atom stereocenters. The van der Waals surface area contributed by atoms with Gasteiger partial charge in [-0.3, -0.25) is 0 Å². The molecular formula is C20H28N4O4. The van der Waals surface area contributed by atoms with Crippen LogP contribution in [0.3, 0.4) is 0 Å². The summed E-state index contributed by atoms with van der Waals surface area (Å²) in [6.07, 6.45) is -0.282. The van der Waals surface area contributed by atoms with E-state index in [-0.39, 0.29) is 6.09 Å². The molecule has 1 fully saturated rings. The third-order valence-electron chi connectivity index (χ3n) is 4.61. The molecule has 0 spiro atoms. The zero-order valence-electron chi connectivity index (χ0n) is 17.1. The van der Waals surface area contributed by atoms with Crippen LogP contribution in [-0.4, -0.2) is 62.0 Å². The Bertz CT molecular complexity index is 871. The Hall–Kier alpha value is -2.90. The van der Waals surface area contributed by atoms with Crippen molar-refractivity contribution < 1.29 is 19.0 Å². The summed E-state index contributed by atoms with van der Waals surface area (Å²) in [5.41, 5.74) is 5.71. The van der Waals surface area contributed by atoms with Crippen molar-refractivity contribution in [2.75, 3.05) is 51.0 Å². The molecule has 2 heterocycles. The van der Waals surface area contributed by atoms with Crippen LogP contribution in [0.4, 0.5) is 16.4 Å². The van der Waals surface area contributed by atoms with E-state index in [9.17, 15) is 4.79 Å². The molecule has 28 heavy (non-hydrogen) atoms. The quantitative estimate of drug-likeness (QED) is 0.864. The van der Waals surface area contributed by atoms with Crippen LogP contribution in [0, 0.1) is 0 Å². The van der Waals surface area contributed by atoms with Gasteiger partial charge in [0.15, 0.2) is 11.5 Å². The van der Waals surface area contributed by atoms with Gasteiger partial charge in [-0.2, -0.15) is 0 Å². The third kappa shape index (κ3) is 4.16. The van der Waals surface area contributed by atoms with Crippen LogP contribution < -0.4 is 20.1 Å². The van der Waals surface area contributed by atoms with Crippen LogP contribution in [0.25, 0.3) is 10.8 Å². The van der Waals surface area contributed by atoms with Gasteiger partial charge in [-0.15, -0.1) is 0 Å². The summed E-state index contributed by atoms with van der Waals surface area (Å²) in [7, 11) is 3.19. The first kappa shape index (κ1) is 19.9. The molecule has 152 valence electrons. The van der Waals surface area contributed by atoms with Gasteiger partial charge in [0.05, 0.1) is 14.2 Å². The molecule has 1 aliphatic heterocycles. The molecule has 1 aliphatic rings. The third-order valence-corrected chi connectivity index (χ3v) is 4.61. The van der Waals surface area contributed by atoms with Gasteiger partial charge in [-0.25, -0.2) is 9.78 Å². The highest BCUT2D eigenvalue weighted by atomic mass is 16.6. The highest BCUT2D eigenvalue weighted by Crippen LogP contribution is 2.35. The number of fused-ring (bicyclic) bond motifs is 1. The largest absolute Gasteiger partial charge is 0.493 e. The first-order valence-electron chi connectivity index (χ1n) is 9.27. The minimum absolute atomic E-state index is 0.282. The van der Waals surface area contributed by atoms with E-state index >= 15 is 0 Å². The molecule has 0 atom stereocenters. The highest BCUT2D eigenvalue weighted by Gasteiger charge is 2.26. The molecule has 0 bridgehead atoms. The molecule has 2 N–H and O–H groups in total. The van der Waals surface area contributed by atoms with Crippen molar-refractivity contribution in [1.29, 1.82) is 0 Å². The number of methoxy groups -OCH3 is 2. The number of amides is 1. The maximum atomic E-state index is 12.2. The number of carbonyl (C=O) groups excluding carboxylic acids is 1. The number of rotatable bonds is 3. The van der Waals surface area contributed by atoms with Crippen LogP contribution in [0.5, 0.6) is 11.5 Å². The number of anilines is 2. The summed E-state index contributed by atoms with van der Waals surface area (Å²) >= 11 is 0. The zero-order chi connectivity index (χ0) is 20.5. The maximum absolute atomic E-state index is 12.2. The van der Waals surface area contributed by atoms with Crippen molar-refractivity contribution in [3.8, 4) is 11.5 Å². The lowest BCUT2D eigenvalue weighted by Gasteiger charge is -2.36. The standard InChI is InChI=1S/C20H28N4O4/c1-20(2,3)28-19(25)24-8-6-23(7-9-24)17-11-13-10-15(26-4)16(27-5)12-14(13)18(21)22-17/h10-12H,6-9H2,1-5H3,(H2,21,22). The number of nitrogens with zero attached hydrogens (tertiary/aromatic N) is 3. The number of piperazine rings is 1. The number of nitrogens with two attached hydrogens (primary N) is 1. The smallest absolute Gasteiger partial charge is 0.410 e. The van der Waals surface area contributed by atoms with E-state index in [1.165, 1.54) is 0 Å². The lowest BCUT2D eigenvalue weighted by Crippen LogP contribution is -2.50. The molecule has 0 radical (unpaired) electrons. The fourth-order valence-corrected chi connectivity index (χ4v) is 3.20. The second-order valence-corrected chi connectivity index (χ2v) is 7.75. The Morgan fingerprint density at radius 2 is 1.64 bits per heavy atom. The molecule has 1 aromatic heterocycles. The molecule has 1 saturated heterocycles. The predicted octanol–water partition coefficient (Wildman–Crippen LogP) is 2.89. The Morgan fingerprint density at radius 1 is 1.04 bits per heavy atom. The number of hydrogen-bond acceptors (Lipinski definition) is 7. The summed E-state index contributed by atoms with van der Waals surface area (Å²) in [6.45, 7) is 8.06. The molecule has 3 rings (SSSR count). The van der Waals surface area contributed by atoms with E-state index in [0.717, 1.165) is 16.6 Å². The molecule has 1 aromatic carbocycles. The SMILES string of the molecule is COc1cc2cc(N3CCN(C(=O)OC(C)(C)C)CC3)nc(N)c2cc1OC. The van der Waals surface area contributed by atoms with Crippen molar-refractivity contribution in [1.82, 2.24) is 9.88 Å². The van der Waals surface area contributed by atoms with E-state index in [0.29, 0.717) is 43.5 Å². The Labute approximate surface area is 165 Å². The summed E-state index contributed by atoms with van der Waals surface area (Å²) in [6, 6.07) is 5.71. The number of pyridine rings is 1. The highest BCUT2D eigenvalue weighted by molar-refractivity contribution is 5.95. The summed E-state index contributed by atoms with van der Waals surface area (Å²) in [5, 5.41) is 1.74. The Morgan fingerprint density at radius 3 is 2.21 bits per heavy atom. The van der Waals surface area contributed by atoms with Crippen LogP contribution in [0.1, 0.15) is 20.8 Å². The van der Waals surface area contributed by atoms with Crippen molar-refractivity contribution in [3.63, 3.8) is 0 Å². The molecule has 0 aliphatic carbocycles. The average Bonchev–Trinajstić information content (AvgIpc) is 2.65. The first-order chi connectivity index (χ1) is 13.2. The number of nitrogen functional groups attached to an aromatic ring is 1. The van der Waals surface area contributed by atoms with Gasteiger partial charge in [0.1, 0.15) is 17.2 Å². The van der Waals surface area contributed by atoms with Crippen molar-refractivity contribution in [2.24, 2.45) is 0 Å². The fourth-order valence-electron chi connectivity index (χ4n) is 3.20. The van der Waals surface area contributed by atoms with Gasteiger partial charge in [0, 0.05) is 31.6 Å². The van der Waals surface area contributed by atoms with Crippen molar-refractivity contribution in [2.45, 2.75) is 26.4 Å². The summed E-state index contributed by atoms with van der Waals surface area (Å²) in [4.78, 5) is 20.6. The molecule has 1 amide bonds. The second kappa shape index (κ2) is 7.61. The van der Waals surface area contributed by atoms with E-state index in [4.69, 9.17) is 19.9 Å². The molecule has 2 aromatic rings. The molecule has 8 heteroatoms. The monoisotopic (exact) mass is 388 g/mol. The first-order valence-corrected chi connectivity index (χ1v) is 9.27. The van der Waals surface area contributed by atoms with Crippen LogP contribution in [0.15, 0.2) is 18.2 Å². The van der Waals surface area contributed by atoms with Gasteiger partial charge in [-0.1, -0.05) is 0 Å². The number of ether oxygens (including phenoxy) is 3. The number of aromatic nitrogens is 1. The van der Waals surface area contributed by atoms with Gasteiger partial charge in [0.2, 0.25) is 0 Å². The molecular weight excluding hydrogens is 360 g/mol. The van der Waals surface area contributed by atoms with Gasteiger partial charge in [-0.05, 0) is 44.4 Å². The van der Waals surface area contributed by atoms with Crippen LogP contribution in [-0.2, 0) is 4.74 Å². The number of carbonyl (C=O) groups is 1. The van der Waals surface area contributed by atoms with Crippen LogP contribution >= 0.6 is 0 Å². The number of hydrogen-bond donors (Lipinski definition) is 1. The minimum Gasteiger partial charge on any atom is -0.493 e. The summed E-state index contributed by atoms with van der Waals surface area (Å²) < 4.78 is 16.2. The minimum atomic E-state index is -0.497.